The lowest BCUT2D eigenvalue weighted by Gasteiger charge is -2.28. The quantitative estimate of drug-likeness (QED) is 0.603. The van der Waals surface area contributed by atoms with Crippen molar-refractivity contribution in [2.45, 2.75) is 45.7 Å². The zero-order chi connectivity index (χ0) is 20.1. The third-order valence-electron chi connectivity index (χ3n) is 5.06. The molecule has 0 saturated carbocycles. The van der Waals surface area contributed by atoms with Crippen molar-refractivity contribution in [3.05, 3.63) is 51.7 Å². The largest absolute Gasteiger partial charge is 0.494 e. The van der Waals surface area contributed by atoms with Gasteiger partial charge in [0.05, 0.1) is 24.7 Å². The maximum atomic E-state index is 13.2. The van der Waals surface area contributed by atoms with Crippen LogP contribution >= 0.6 is 11.3 Å². The monoisotopic (exact) mass is 421 g/mol. The van der Waals surface area contributed by atoms with E-state index in [2.05, 4.69) is 6.92 Å². The maximum absolute atomic E-state index is 13.2. The number of benzene rings is 1. The summed E-state index contributed by atoms with van der Waals surface area (Å²) in [5.41, 5.74) is 1.68. The summed E-state index contributed by atoms with van der Waals surface area (Å²) in [6, 6.07) is 8.89. The zero-order valence-electron chi connectivity index (χ0n) is 16.4. The molecule has 1 atom stereocenters. The Hall–Kier alpha value is -1.86. The van der Waals surface area contributed by atoms with Gasteiger partial charge in [-0.3, -0.25) is 4.79 Å². The molecule has 2 aromatic rings. The third kappa shape index (κ3) is 5.14. The number of sulfone groups is 1. The first-order chi connectivity index (χ1) is 13.4. The predicted octanol–water partition coefficient (Wildman–Crippen LogP) is 4.06. The van der Waals surface area contributed by atoms with Crippen molar-refractivity contribution < 1.29 is 17.9 Å². The Bertz CT molecular complexity index is 903. The van der Waals surface area contributed by atoms with Gasteiger partial charge in [-0.25, -0.2) is 8.42 Å². The molecule has 0 spiro atoms. The average Bonchev–Trinajstić information content (AvgIpc) is 3.24. The van der Waals surface area contributed by atoms with E-state index in [1.54, 1.807) is 28.4 Å². The summed E-state index contributed by atoms with van der Waals surface area (Å²) >= 11 is 1.60. The van der Waals surface area contributed by atoms with E-state index in [0.29, 0.717) is 25.1 Å². The third-order valence-corrected chi connectivity index (χ3v) is 7.82. The van der Waals surface area contributed by atoms with E-state index in [0.717, 1.165) is 29.0 Å². The molecular formula is C21H27NO4S2. The van der Waals surface area contributed by atoms with Crippen LogP contribution in [0.3, 0.4) is 0 Å². The molecule has 0 aliphatic carbocycles. The topological polar surface area (TPSA) is 63.7 Å². The SMILES string of the molecule is CCCCOc1ccc(C(=O)N(Cc2sccc2C)[C@@H]2CCS(=O)(=O)C2)cc1. The van der Waals surface area contributed by atoms with Gasteiger partial charge in [-0.1, -0.05) is 13.3 Å². The molecule has 0 N–H and O–H groups in total. The Morgan fingerprint density at radius 1 is 1.25 bits per heavy atom. The highest BCUT2D eigenvalue weighted by molar-refractivity contribution is 7.91. The number of nitrogens with zero attached hydrogens (tertiary/aromatic N) is 1. The molecule has 1 aromatic carbocycles. The van der Waals surface area contributed by atoms with Gasteiger partial charge in [-0.2, -0.15) is 0 Å². The van der Waals surface area contributed by atoms with E-state index in [-0.39, 0.29) is 23.5 Å². The summed E-state index contributed by atoms with van der Waals surface area (Å²) in [6.45, 7) is 5.23. The first-order valence-corrected chi connectivity index (χ1v) is 12.4. The van der Waals surface area contributed by atoms with Crippen molar-refractivity contribution in [1.82, 2.24) is 4.90 Å². The number of hydrogen-bond donors (Lipinski definition) is 0. The number of hydrogen-bond acceptors (Lipinski definition) is 5. The van der Waals surface area contributed by atoms with Crippen molar-refractivity contribution in [2.75, 3.05) is 18.1 Å². The molecule has 1 aromatic heterocycles. The van der Waals surface area contributed by atoms with Gasteiger partial charge in [0.25, 0.3) is 5.91 Å². The van der Waals surface area contributed by atoms with Crippen LogP contribution < -0.4 is 4.74 Å². The van der Waals surface area contributed by atoms with Crippen molar-refractivity contribution in [3.8, 4) is 5.75 Å². The molecular weight excluding hydrogens is 394 g/mol. The van der Waals surface area contributed by atoms with Crippen LogP contribution in [0.4, 0.5) is 0 Å². The van der Waals surface area contributed by atoms with Gasteiger partial charge in [0.2, 0.25) is 0 Å². The van der Waals surface area contributed by atoms with E-state index >= 15 is 0 Å². The number of amides is 1. The second-order valence-electron chi connectivity index (χ2n) is 7.24. The molecule has 1 aliphatic rings. The summed E-state index contributed by atoms with van der Waals surface area (Å²) in [4.78, 5) is 16.1. The number of aryl methyl sites for hydroxylation is 1. The van der Waals surface area contributed by atoms with E-state index in [1.807, 2.05) is 30.5 Å². The Balaban J connectivity index is 1.79. The van der Waals surface area contributed by atoms with E-state index < -0.39 is 9.84 Å². The Kier molecular flexibility index (Phi) is 6.78. The minimum absolute atomic E-state index is 0.0430. The van der Waals surface area contributed by atoms with Crippen molar-refractivity contribution in [2.24, 2.45) is 0 Å². The number of carbonyl (C=O) groups is 1. The summed E-state index contributed by atoms with van der Waals surface area (Å²) in [6.07, 6.45) is 2.56. The predicted molar refractivity (Wildman–Crippen MR) is 113 cm³/mol. The summed E-state index contributed by atoms with van der Waals surface area (Å²) in [7, 11) is -3.08. The zero-order valence-corrected chi connectivity index (χ0v) is 18.0. The van der Waals surface area contributed by atoms with Crippen molar-refractivity contribution in [3.63, 3.8) is 0 Å². The lowest BCUT2D eigenvalue weighted by Crippen LogP contribution is -2.40. The lowest BCUT2D eigenvalue weighted by molar-refractivity contribution is 0.0683. The molecule has 1 amide bonds. The summed E-state index contributed by atoms with van der Waals surface area (Å²) in [5.74, 6) is 0.806. The number of rotatable bonds is 8. The molecule has 2 heterocycles. The molecule has 5 nitrogen and oxygen atoms in total. The van der Waals surface area contributed by atoms with Gasteiger partial charge in [-0.15, -0.1) is 11.3 Å². The number of unbranched alkanes of at least 4 members (excludes halogenated alkanes) is 1. The fraction of sp³-hybridized carbons (Fsp3) is 0.476. The van der Waals surface area contributed by atoms with Crippen LogP contribution in [-0.4, -0.2) is 43.4 Å². The van der Waals surface area contributed by atoms with Crippen molar-refractivity contribution in [1.29, 1.82) is 0 Å². The fourth-order valence-corrected chi connectivity index (χ4v) is 5.94. The molecule has 0 radical (unpaired) electrons. The second kappa shape index (κ2) is 9.09. The lowest BCUT2D eigenvalue weighted by atomic mass is 10.1. The van der Waals surface area contributed by atoms with Crippen LogP contribution in [0.15, 0.2) is 35.7 Å². The number of carbonyl (C=O) groups excluding carboxylic acids is 1. The average molecular weight is 422 g/mol. The Morgan fingerprint density at radius 3 is 2.57 bits per heavy atom. The standard InChI is InChI=1S/C21H27NO4S2/c1-3-4-11-26-19-7-5-17(6-8-19)21(23)22(14-20-16(2)9-12-27-20)18-10-13-28(24,25)15-18/h5-9,12,18H,3-4,10-11,13-15H2,1-2H3/t18-/m1/s1. The summed E-state index contributed by atoms with van der Waals surface area (Å²) < 4.78 is 29.7. The highest BCUT2D eigenvalue weighted by Gasteiger charge is 2.35. The van der Waals surface area contributed by atoms with Gasteiger partial charge >= 0.3 is 0 Å². The molecule has 1 fully saturated rings. The first kappa shape index (κ1) is 20.9. The second-order valence-corrected chi connectivity index (χ2v) is 10.5. The van der Waals surface area contributed by atoms with Gasteiger partial charge in [0.1, 0.15) is 5.75 Å². The van der Waals surface area contributed by atoms with Crippen LogP contribution in [-0.2, 0) is 16.4 Å². The van der Waals surface area contributed by atoms with Crippen LogP contribution in [0.5, 0.6) is 5.75 Å². The smallest absolute Gasteiger partial charge is 0.254 e. The van der Waals surface area contributed by atoms with Crippen molar-refractivity contribution >= 4 is 27.1 Å². The molecule has 0 unspecified atom stereocenters. The number of ether oxygens (including phenoxy) is 1. The normalized spacial score (nSPS) is 18.1. The number of thiophene rings is 1. The Morgan fingerprint density at radius 2 is 2.00 bits per heavy atom. The van der Waals surface area contributed by atoms with E-state index in [9.17, 15) is 13.2 Å². The van der Waals surface area contributed by atoms with E-state index in [4.69, 9.17) is 4.74 Å². The molecule has 7 heteroatoms. The van der Waals surface area contributed by atoms with Gasteiger partial charge in [0, 0.05) is 16.5 Å². The van der Waals surface area contributed by atoms with Gasteiger partial charge < -0.3 is 9.64 Å². The fourth-order valence-electron chi connectivity index (χ4n) is 3.30. The van der Waals surface area contributed by atoms with Gasteiger partial charge in [-0.05, 0) is 61.0 Å². The molecule has 28 heavy (non-hydrogen) atoms. The van der Waals surface area contributed by atoms with Crippen LogP contribution in [0, 0.1) is 6.92 Å². The maximum Gasteiger partial charge on any atom is 0.254 e. The molecule has 1 aliphatic heterocycles. The van der Waals surface area contributed by atoms with E-state index in [1.165, 1.54) is 0 Å². The first-order valence-electron chi connectivity index (χ1n) is 9.67. The molecule has 0 bridgehead atoms. The highest BCUT2D eigenvalue weighted by Crippen LogP contribution is 2.26. The van der Waals surface area contributed by atoms with Crippen LogP contribution in [0.1, 0.15) is 47.0 Å². The van der Waals surface area contributed by atoms with Gasteiger partial charge in [0.15, 0.2) is 9.84 Å². The minimum Gasteiger partial charge on any atom is -0.494 e. The molecule has 3 rings (SSSR count). The summed E-state index contributed by atoms with van der Waals surface area (Å²) in [5, 5.41) is 2.00. The highest BCUT2D eigenvalue weighted by atomic mass is 32.2. The Labute approximate surface area is 171 Å². The molecule has 1 saturated heterocycles. The molecule has 152 valence electrons. The van der Waals surface area contributed by atoms with Crippen LogP contribution in [0.25, 0.3) is 0 Å². The van der Waals surface area contributed by atoms with Crippen LogP contribution in [0.2, 0.25) is 0 Å². The minimum atomic E-state index is -3.08.